The van der Waals surface area contributed by atoms with Gasteiger partial charge in [0.1, 0.15) is 0 Å². The number of methoxy groups -OCH3 is 1. The molecule has 0 aliphatic carbocycles. The number of aliphatic carboxylic acids is 1. The largest absolute Gasteiger partial charge is 0.481 e. The molecule has 0 aliphatic heterocycles. The molecule has 6 nitrogen and oxygen atoms in total. The molecule has 0 atom stereocenters. The van der Waals surface area contributed by atoms with Crippen LogP contribution >= 0.6 is 0 Å². The number of aromatic nitrogens is 1. The number of hydrogen-bond acceptors (Lipinski definition) is 4. The Morgan fingerprint density at radius 2 is 2.17 bits per heavy atom. The van der Waals surface area contributed by atoms with Gasteiger partial charge in [0.15, 0.2) is 0 Å². The molecule has 18 heavy (non-hydrogen) atoms. The van der Waals surface area contributed by atoms with Crippen molar-refractivity contribution >= 4 is 11.9 Å². The van der Waals surface area contributed by atoms with E-state index in [1.165, 1.54) is 13.3 Å². The summed E-state index contributed by atoms with van der Waals surface area (Å²) in [6.45, 7) is 0.456. The van der Waals surface area contributed by atoms with E-state index in [2.05, 4.69) is 10.3 Å². The third kappa shape index (κ3) is 4.82. The normalized spacial score (nSPS) is 9.83. The van der Waals surface area contributed by atoms with E-state index in [0.717, 1.165) is 0 Å². The average Bonchev–Trinajstić information content (AvgIpc) is 2.38. The first-order chi connectivity index (χ1) is 8.63. The van der Waals surface area contributed by atoms with Crippen LogP contribution in [0.4, 0.5) is 0 Å². The van der Waals surface area contributed by atoms with Gasteiger partial charge in [-0.15, -0.1) is 0 Å². The van der Waals surface area contributed by atoms with Crippen LogP contribution in [0, 0.1) is 0 Å². The summed E-state index contributed by atoms with van der Waals surface area (Å²) in [6, 6.07) is 3.23. The van der Waals surface area contributed by atoms with Crippen LogP contribution in [-0.4, -0.2) is 35.6 Å². The quantitative estimate of drug-likeness (QED) is 0.709. The molecule has 1 heterocycles. The highest BCUT2D eigenvalue weighted by Gasteiger charge is 2.05. The number of carboxylic acids is 1. The summed E-state index contributed by atoms with van der Waals surface area (Å²) < 4.78 is 4.89. The zero-order chi connectivity index (χ0) is 13.4. The molecule has 6 heteroatoms. The summed E-state index contributed by atoms with van der Waals surface area (Å²) in [5, 5.41) is 11.1. The monoisotopic (exact) mass is 252 g/mol. The van der Waals surface area contributed by atoms with Gasteiger partial charge < -0.3 is 15.2 Å². The number of ether oxygens (including phenoxy) is 1. The van der Waals surface area contributed by atoms with Crippen LogP contribution in [0.5, 0.6) is 5.88 Å². The van der Waals surface area contributed by atoms with Gasteiger partial charge in [-0.3, -0.25) is 9.59 Å². The summed E-state index contributed by atoms with van der Waals surface area (Å²) in [4.78, 5) is 25.8. The first-order valence-corrected chi connectivity index (χ1v) is 5.63. The number of nitrogens with one attached hydrogen (secondary N) is 1. The van der Waals surface area contributed by atoms with Gasteiger partial charge in [-0.2, -0.15) is 0 Å². The Balaban J connectivity index is 2.29. The summed E-state index contributed by atoms with van der Waals surface area (Å²) in [7, 11) is 1.50. The number of carboxylic acid groups (broad SMARTS) is 1. The van der Waals surface area contributed by atoms with E-state index >= 15 is 0 Å². The molecule has 2 N–H and O–H groups in total. The SMILES string of the molecule is COc1ccc(C(=O)NCCCCC(=O)O)cn1. The first kappa shape index (κ1) is 14.0. The molecule has 0 saturated heterocycles. The van der Waals surface area contributed by atoms with Gasteiger partial charge in [0, 0.05) is 25.2 Å². The van der Waals surface area contributed by atoms with Gasteiger partial charge in [0.2, 0.25) is 5.88 Å². The topological polar surface area (TPSA) is 88.5 Å². The zero-order valence-corrected chi connectivity index (χ0v) is 10.2. The highest BCUT2D eigenvalue weighted by molar-refractivity contribution is 5.93. The lowest BCUT2D eigenvalue weighted by Crippen LogP contribution is -2.24. The summed E-state index contributed by atoms with van der Waals surface area (Å²) >= 11 is 0. The highest BCUT2D eigenvalue weighted by Crippen LogP contribution is 2.06. The number of carbonyl (C=O) groups is 2. The minimum Gasteiger partial charge on any atom is -0.481 e. The molecule has 0 aliphatic rings. The molecule has 0 bridgehead atoms. The fraction of sp³-hybridized carbons (Fsp3) is 0.417. The smallest absolute Gasteiger partial charge is 0.303 e. The molecule has 0 saturated carbocycles. The van der Waals surface area contributed by atoms with E-state index in [-0.39, 0.29) is 12.3 Å². The number of rotatable bonds is 7. The van der Waals surface area contributed by atoms with Crippen LogP contribution in [-0.2, 0) is 4.79 Å². The highest BCUT2D eigenvalue weighted by atomic mass is 16.5. The molecule has 1 rings (SSSR count). The maximum absolute atomic E-state index is 11.6. The van der Waals surface area contributed by atoms with E-state index in [1.807, 2.05) is 0 Å². The fourth-order valence-corrected chi connectivity index (χ4v) is 1.34. The molecule has 0 aromatic carbocycles. The second-order valence-corrected chi connectivity index (χ2v) is 3.70. The van der Waals surface area contributed by atoms with Gasteiger partial charge in [0.25, 0.3) is 5.91 Å². The molecule has 0 fully saturated rings. The predicted octanol–water partition coefficient (Wildman–Crippen LogP) is 1.07. The Bertz CT molecular complexity index is 403. The first-order valence-electron chi connectivity index (χ1n) is 5.63. The van der Waals surface area contributed by atoms with Crippen LogP contribution < -0.4 is 10.1 Å². The van der Waals surface area contributed by atoms with Gasteiger partial charge in [-0.25, -0.2) is 4.98 Å². The molecule has 1 amide bonds. The lowest BCUT2D eigenvalue weighted by molar-refractivity contribution is -0.137. The number of amides is 1. The van der Waals surface area contributed by atoms with Gasteiger partial charge in [0.05, 0.1) is 12.7 Å². The van der Waals surface area contributed by atoms with Gasteiger partial charge >= 0.3 is 5.97 Å². The number of unbranched alkanes of at least 4 members (excludes halogenated alkanes) is 1. The van der Waals surface area contributed by atoms with Crippen molar-refractivity contribution in [3.8, 4) is 5.88 Å². The molecular formula is C12H16N2O4. The van der Waals surface area contributed by atoms with Crippen molar-refractivity contribution in [3.05, 3.63) is 23.9 Å². The summed E-state index contributed by atoms with van der Waals surface area (Å²) in [5.41, 5.74) is 0.453. The zero-order valence-electron chi connectivity index (χ0n) is 10.2. The second-order valence-electron chi connectivity index (χ2n) is 3.70. The summed E-state index contributed by atoms with van der Waals surface area (Å²) in [5.74, 6) is -0.589. The average molecular weight is 252 g/mol. The number of carbonyl (C=O) groups excluding carboxylic acids is 1. The number of pyridine rings is 1. The lowest BCUT2D eigenvalue weighted by atomic mass is 10.2. The third-order valence-electron chi connectivity index (χ3n) is 2.31. The van der Waals surface area contributed by atoms with Crippen molar-refractivity contribution in [2.24, 2.45) is 0 Å². The molecule has 0 unspecified atom stereocenters. The van der Waals surface area contributed by atoms with Crippen LogP contribution in [0.15, 0.2) is 18.3 Å². The van der Waals surface area contributed by atoms with Crippen molar-refractivity contribution in [1.82, 2.24) is 10.3 Å². The fourth-order valence-electron chi connectivity index (χ4n) is 1.34. The van der Waals surface area contributed by atoms with Crippen LogP contribution in [0.1, 0.15) is 29.6 Å². The van der Waals surface area contributed by atoms with Gasteiger partial charge in [-0.05, 0) is 18.9 Å². The van der Waals surface area contributed by atoms with E-state index in [1.54, 1.807) is 12.1 Å². The van der Waals surface area contributed by atoms with E-state index in [9.17, 15) is 9.59 Å². The van der Waals surface area contributed by atoms with Crippen molar-refractivity contribution < 1.29 is 19.4 Å². The number of hydrogen-bond donors (Lipinski definition) is 2. The van der Waals surface area contributed by atoms with Crippen molar-refractivity contribution in [2.75, 3.05) is 13.7 Å². The minimum atomic E-state index is -0.819. The molecule has 0 radical (unpaired) electrons. The summed E-state index contributed by atoms with van der Waals surface area (Å²) in [6.07, 6.45) is 2.75. The maximum Gasteiger partial charge on any atom is 0.303 e. The predicted molar refractivity (Wildman–Crippen MR) is 64.6 cm³/mol. The van der Waals surface area contributed by atoms with Crippen LogP contribution in [0.25, 0.3) is 0 Å². The second kappa shape index (κ2) is 7.26. The van der Waals surface area contributed by atoms with Crippen LogP contribution in [0.2, 0.25) is 0 Å². The van der Waals surface area contributed by atoms with Crippen molar-refractivity contribution in [3.63, 3.8) is 0 Å². The Morgan fingerprint density at radius 3 is 2.72 bits per heavy atom. The van der Waals surface area contributed by atoms with E-state index in [0.29, 0.717) is 30.8 Å². The Labute approximate surface area is 105 Å². The maximum atomic E-state index is 11.6. The van der Waals surface area contributed by atoms with E-state index in [4.69, 9.17) is 9.84 Å². The van der Waals surface area contributed by atoms with Crippen LogP contribution in [0.3, 0.4) is 0 Å². The van der Waals surface area contributed by atoms with Crippen molar-refractivity contribution in [2.45, 2.75) is 19.3 Å². The standard InChI is InChI=1S/C12H16N2O4/c1-18-10-6-5-9(8-14-10)12(17)13-7-3-2-4-11(15)16/h5-6,8H,2-4,7H2,1H3,(H,13,17)(H,15,16). The Morgan fingerprint density at radius 1 is 1.39 bits per heavy atom. The molecule has 0 spiro atoms. The van der Waals surface area contributed by atoms with Crippen molar-refractivity contribution in [1.29, 1.82) is 0 Å². The number of nitrogens with zero attached hydrogens (tertiary/aromatic N) is 1. The molecule has 98 valence electrons. The van der Waals surface area contributed by atoms with E-state index < -0.39 is 5.97 Å². The Kier molecular flexibility index (Phi) is 5.63. The molecular weight excluding hydrogens is 236 g/mol. The third-order valence-corrected chi connectivity index (χ3v) is 2.31. The Hall–Kier alpha value is -2.11. The molecule has 1 aromatic heterocycles. The minimum absolute atomic E-state index is 0.125. The molecule has 1 aromatic rings. The van der Waals surface area contributed by atoms with Gasteiger partial charge in [-0.1, -0.05) is 0 Å². The lowest BCUT2D eigenvalue weighted by Gasteiger charge is -2.05.